The molecule has 1 aromatic heterocycles. The fraction of sp³-hybridized carbons (Fsp3) is 0.314. The number of anilines is 2. The van der Waals surface area contributed by atoms with Crippen molar-refractivity contribution in [3.05, 3.63) is 149 Å². The lowest BCUT2D eigenvalue weighted by atomic mass is 9.82. The Bertz CT molecular complexity index is 2680. The third kappa shape index (κ3) is 7.49. The monoisotopic (exact) mass is 862 g/mol. The molecule has 3 amide bonds. The van der Waals surface area contributed by atoms with E-state index in [1.165, 1.54) is 5.19 Å². The molecule has 3 N–H and O–H groups in total. The largest absolute Gasteiger partial charge is 0.497 e. The number of ether oxygens (including phenoxy) is 3. The molecular formula is C51H54N4O7Si. The highest BCUT2D eigenvalue weighted by Crippen LogP contribution is 2.60. The molecule has 324 valence electrons. The highest BCUT2D eigenvalue weighted by atomic mass is 28.3. The molecule has 12 heteroatoms. The van der Waals surface area contributed by atoms with Crippen molar-refractivity contribution < 1.29 is 33.7 Å². The normalized spacial score (nSPS) is 21.7. The van der Waals surface area contributed by atoms with Crippen LogP contribution < -0.4 is 24.9 Å². The van der Waals surface area contributed by atoms with E-state index in [4.69, 9.17) is 14.2 Å². The second-order valence-corrected chi connectivity index (χ2v) is 22.4. The van der Waals surface area contributed by atoms with Gasteiger partial charge in [0.1, 0.15) is 11.5 Å². The molecule has 3 aliphatic heterocycles. The molecule has 3 aliphatic rings. The quantitative estimate of drug-likeness (QED) is 0.109. The van der Waals surface area contributed by atoms with E-state index in [1.54, 1.807) is 24.0 Å². The number of carbonyl (C=O) groups is 3. The molecule has 0 radical (unpaired) electrons. The van der Waals surface area contributed by atoms with Gasteiger partial charge in [-0.2, -0.15) is 0 Å². The van der Waals surface area contributed by atoms with Crippen LogP contribution in [0.4, 0.5) is 11.4 Å². The van der Waals surface area contributed by atoms with Crippen molar-refractivity contribution in [3.63, 3.8) is 0 Å². The summed E-state index contributed by atoms with van der Waals surface area (Å²) in [5.74, 6) is 0.601. The zero-order valence-electron chi connectivity index (χ0n) is 36.4. The molecule has 4 heterocycles. The molecule has 1 fully saturated rings. The van der Waals surface area contributed by atoms with Crippen LogP contribution in [-0.4, -0.2) is 73.8 Å². The zero-order chi connectivity index (χ0) is 44.0. The van der Waals surface area contributed by atoms with Crippen molar-refractivity contribution in [2.24, 2.45) is 5.92 Å². The zero-order valence-corrected chi connectivity index (χ0v) is 37.4. The minimum Gasteiger partial charge on any atom is -0.497 e. The van der Waals surface area contributed by atoms with E-state index < -0.39 is 19.8 Å². The Hall–Kier alpha value is -6.21. The fourth-order valence-electron chi connectivity index (χ4n) is 10.6. The van der Waals surface area contributed by atoms with Gasteiger partial charge >= 0.3 is 0 Å². The molecule has 11 nitrogen and oxygen atoms in total. The van der Waals surface area contributed by atoms with E-state index in [-0.39, 0.29) is 61.2 Å². The first-order chi connectivity index (χ1) is 30.4. The number of fused-ring (bicyclic) bond motifs is 4. The first kappa shape index (κ1) is 42.1. The number of nitrogens with zero attached hydrogens (tertiary/aromatic N) is 2. The standard InChI is InChI=1S/C51H54N4O7Si/c1-32-49(63(4,5)41-21-18-39(60-2)19-22-41)46(27-48(58)54-30-35-11-7-6-10-34(35)24-38(54)31-56)62-51(32)43-26-40(61-3)20-23-45(43)55(50(51)59)29-33-14-16-37(17-15-33)53-47(57)25-36-28-52-44-13-9-8-12-42(36)44/h6-23,26,28,32,38,46,49,52,56H,24-25,27,29-31H2,1-5H3,(H,53,57)/t32-,38-,46+,49-,51+/m0/s1. The first-order valence-electron chi connectivity index (χ1n) is 21.7. The van der Waals surface area contributed by atoms with Gasteiger partial charge in [-0.15, -0.1) is 0 Å². The van der Waals surface area contributed by atoms with Gasteiger partial charge in [-0.05, 0) is 82.7 Å². The molecule has 0 unspecified atom stereocenters. The van der Waals surface area contributed by atoms with E-state index in [0.29, 0.717) is 24.4 Å². The summed E-state index contributed by atoms with van der Waals surface area (Å²) in [5.41, 5.74) is 5.53. The van der Waals surface area contributed by atoms with Crippen LogP contribution in [-0.2, 0) is 50.7 Å². The molecule has 0 bridgehead atoms. The predicted octanol–water partition coefficient (Wildman–Crippen LogP) is 7.47. The van der Waals surface area contributed by atoms with Gasteiger partial charge in [0.25, 0.3) is 5.91 Å². The average molecular weight is 863 g/mol. The molecule has 1 saturated heterocycles. The number of aliphatic hydroxyl groups excluding tert-OH is 1. The minimum atomic E-state index is -2.56. The number of para-hydroxylation sites is 1. The van der Waals surface area contributed by atoms with Crippen molar-refractivity contribution in [2.45, 2.75) is 75.7 Å². The minimum absolute atomic E-state index is 0.0576. The Morgan fingerprint density at radius 2 is 1.60 bits per heavy atom. The molecule has 6 aromatic rings. The lowest BCUT2D eigenvalue weighted by Gasteiger charge is -2.39. The Balaban J connectivity index is 1.02. The van der Waals surface area contributed by atoms with E-state index in [0.717, 1.165) is 50.2 Å². The second kappa shape index (κ2) is 16.8. The molecule has 1 spiro atoms. The van der Waals surface area contributed by atoms with Crippen molar-refractivity contribution in [2.75, 3.05) is 31.0 Å². The molecule has 0 saturated carbocycles. The topological polar surface area (TPSA) is 133 Å². The number of aromatic amines is 1. The van der Waals surface area contributed by atoms with Crippen LogP contribution in [0.5, 0.6) is 11.5 Å². The number of rotatable bonds is 12. The SMILES string of the molecule is COc1ccc([Si](C)(C)[C@@H]2[C@@H](CC(=O)N3Cc4ccccc4C[C@H]3CO)O[C@]3(C(=O)N(Cc4ccc(NC(=O)Cc5c[nH]c6ccccc56)cc4)c4ccc(OC)cc43)[C@H]2C)cc1. The lowest BCUT2D eigenvalue weighted by molar-refractivity contribution is -0.151. The van der Waals surface area contributed by atoms with E-state index >= 15 is 4.79 Å². The van der Waals surface area contributed by atoms with E-state index in [1.807, 2.05) is 103 Å². The van der Waals surface area contributed by atoms with Crippen LogP contribution in [0.1, 0.15) is 41.2 Å². The first-order valence-corrected chi connectivity index (χ1v) is 24.8. The molecule has 5 atom stereocenters. The maximum absolute atomic E-state index is 15.5. The van der Waals surface area contributed by atoms with Gasteiger partial charge in [-0.3, -0.25) is 14.4 Å². The van der Waals surface area contributed by atoms with Gasteiger partial charge in [-0.25, -0.2) is 0 Å². The van der Waals surface area contributed by atoms with Crippen LogP contribution in [0.15, 0.2) is 121 Å². The van der Waals surface area contributed by atoms with Gasteiger partial charge in [0.05, 0.1) is 66.1 Å². The Kier molecular flexibility index (Phi) is 11.2. The van der Waals surface area contributed by atoms with Gasteiger partial charge < -0.3 is 39.4 Å². The molecule has 63 heavy (non-hydrogen) atoms. The summed E-state index contributed by atoms with van der Waals surface area (Å²) in [5, 5.41) is 15.8. The number of carbonyl (C=O) groups excluding carboxylic acids is 3. The van der Waals surface area contributed by atoms with Crippen molar-refractivity contribution in [1.82, 2.24) is 9.88 Å². The summed E-state index contributed by atoms with van der Waals surface area (Å²) in [6.45, 7) is 7.22. The Morgan fingerprint density at radius 1 is 0.905 bits per heavy atom. The maximum atomic E-state index is 15.5. The van der Waals surface area contributed by atoms with Gasteiger partial charge in [-0.1, -0.05) is 91.9 Å². The fourth-order valence-corrected chi connectivity index (χ4v) is 14.7. The van der Waals surface area contributed by atoms with Crippen LogP contribution >= 0.6 is 0 Å². The number of aromatic nitrogens is 1. The van der Waals surface area contributed by atoms with Gasteiger partial charge in [0.15, 0.2) is 5.60 Å². The molecule has 9 rings (SSSR count). The highest BCUT2D eigenvalue weighted by molar-refractivity contribution is 6.91. The Morgan fingerprint density at radius 3 is 2.33 bits per heavy atom. The number of nitrogens with one attached hydrogen (secondary N) is 2. The lowest BCUT2D eigenvalue weighted by Crippen LogP contribution is -2.52. The number of hydrogen-bond acceptors (Lipinski definition) is 7. The predicted molar refractivity (Wildman–Crippen MR) is 247 cm³/mol. The summed E-state index contributed by atoms with van der Waals surface area (Å²) in [4.78, 5) is 50.1. The molecular weight excluding hydrogens is 809 g/mol. The van der Waals surface area contributed by atoms with Crippen LogP contribution in [0.2, 0.25) is 18.6 Å². The summed E-state index contributed by atoms with van der Waals surface area (Å²) in [6.07, 6.45) is 2.12. The second-order valence-electron chi connectivity index (χ2n) is 17.7. The molecule has 5 aromatic carbocycles. The third-order valence-electron chi connectivity index (χ3n) is 13.9. The van der Waals surface area contributed by atoms with Crippen molar-refractivity contribution >= 4 is 53.3 Å². The summed E-state index contributed by atoms with van der Waals surface area (Å²) in [7, 11) is 0.699. The highest BCUT2D eigenvalue weighted by Gasteiger charge is 2.66. The smallest absolute Gasteiger partial charge is 0.264 e. The van der Waals surface area contributed by atoms with Gasteiger partial charge in [0, 0.05) is 40.8 Å². The number of aliphatic hydroxyl groups is 1. The van der Waals surface area contributed by atoms with Crippen molar-refractivity contribution in [3.8, 4) is 11.5 Å². The molecule has 0 aliphatic carbocycles. The summed E-state index contributed by atoms with van der Waals surface area (Å²) >= 11 is 0. The van der Waals surface area contributed by atoms with Crippen LogP contribution in [0.25, 0.3) is 10.9 Å². The third-order valence-corrected chi connectivity index (χ3v) is 18.3. The number of H-pyrrole nitrogens is 1. The number of hydrogen-bond donors (Lipinski definition) is 3. The number of benzene rings is 5. The van der Waals surface area contributed by atoms with Crippen molar-refractivity contribution in [1.29, 1.82) is 0 Å². The Labute approximate surface area is 369 Å². The maximum Gasteiger partial charge on any atom is 0.264 e. The summed E-state index contributed by atoms with van der Waals surface area (Å²) in [6, 6.07) is 37.1. The van der Waals surface area contributed by atoms with E-state index in [2.05, 4.69) is 48.5 Å². The number of amides is 3. The van der Waals surface area contributed by atoms with Gasteiger partial charge in [0.2, 0.25) is 11.8 Å². The van der Waals surface area contributed by atoms with Crippen LogP contribution in [0, 0.1) is 5.92 Å². The van der Waals surface area contributed by atoms with Crippen LogP contribution in [0.3, 0.4) is 0 Å². The van der Waals surface area contributed by atoms with E-state index in [9.17, 15) is 14.7 Å². The summed E-state index contributed by atoms with van der Waals surface area (Å²) < 4.78 is 18.6. The number of methoxy groups -OCH3 is 2. The average Bonchev–Trinajstić information content (AvgIpc) is 3.92.